The van der Waals surface area contributed by atoms with Crippen LogP contribution in [0.3, 0.4) is 0 Å². The quantitative estimate of drug-likeness (QED) is 0.672. The summed E-state index contributed by atoms with van der Waals surface area (Å²) in [4.78, 5) is 23.0. The molecule has 0 fully saturated rings. The van der Waals surface area contributed by atoms with E-state index in [1.54, 1.807) is 43.3 Å². The van der Waals surface area contributed by atoms with Crippen LogP contribution in [0.2, 0.25) is 0 Å². The first-order chi connectivity index (χ1) is 12.7. The molecule has 0 radical (unpaired) electrons. The number of rotatable bonds is 7. The second-order valence-corrected chi connectivity index (χ2v) is 8.36. The van der Waals surface area contributed by atoms with E-state index in [1.165, 1.54) is 12.1 Å². The van der Waals surface area contributed by atoms with Crippen molar-refractivity contribution >= 4 is 21.8 Å². The van der Waals surface area contributed by atoms with Gasteiger partial charge in [-0.1, -0.05) is 29.8 Å². The van der Waals surface area contributed by atoms with E-state index in [0.717, 1.165) is 11.1 Å². The molecule has 144 valence electrons. The molecule has 2 aromatic carbocycles. The lowest BCUT2D eigenvalue weighted by Crippen LogP contribution is -2.43. The maximum atomic E-state index is 12.4. The van der Waals surface area contributed by atoms with Gasteiger partial charge in [0.15, 0.2) is 9.84 Å². The fraction of sp³-hybridized carbons (Fsp3) is 0.263. The molecule has 0 aromatic heterocycles. The number of hydrogen-bond donors (Lipinski definition) is 3. The third-order valence-electron chi connectivity index (χ3n) is 3.88. The minimum Gasteiger partial charge on any atom is -0.478 e. The zero-order valence-electron chi connectivity index (χ0n) is 15.1. The van der Waals surface area contributed by atoms with E-state index in [4.69, 9.17) is 5.11 Å². The van der Waals surface area contributed by atoms with Crippen molar-refractivity contribution in [3.05, 3.63) is 65.2 Å². The second-order valence-electron chi connectivity index (χ2n) is 6.32. The minimum absolute atomic E-state index is 0.165. The molecule has 0 spiro atoms. The van der Waals surface area contributed by atoms with Gasteiger partial charge in [0.25, 0.3) is 0 Å². The molecule has 0 saturated heterocycles. The molecule has 0 aliphatic heterocycles. The van der Waals surface area contributed by atoms with Crippen LogP contribution < -0.4 is 10.6 Å². The number of carboxylic acids is 1. The number of aromatic carboxylic acids is 1. The molecule has 2 amide bonds. The van der Waals surface area contributed by atoms with Gasteiger partial charge in [0.1, 0.15) is 0 Å². The molecule has 0 aliphatic rings. The number of sulfone groups is 1. The highest BCUT2D eigenvalue weighted by atomic mass is 32.2. The van der Waals surface area contributed by atoms with Gasteiger partial charge in [-0.05, 0) is 43.7 Å². The molecule has 2 aromatic rings. The predicted octanol–water partition coefficient (Wildman–Crippen LogP) is 2.35. The number of carboxylic acid groups (broad SMARTS) is 1. The number of carbonyl (C=O) groups is 2. The molecule has 7 nitrogen and oxygen atoms in total. The number of carbonyl (C=O) groups excluding carboxylic acids is 1. The molecule has 3 N–H and O–H groups in total. The van der Waals surface area contributed by atoms with Crippen molar-refractivity contribution in [1.82, 2.24) is 10.6 Å². The summed E-state index contributed by atoms with van der Waals surface area (Å²) in [6.07, 6.45) is 0. The highest BCUT2D eigenvalue weighted by Crippen LogP contribution is 2.13. The number of aryl methyl sites for hydroxylation is 1. The smallest absolute Gasteiger partial charge is 0.335 e. The fourth-order valence-corrected chi connectivity index (χ4v) is 3.92. The zero-order valence-corrected chi connectivity index (χ0v) is 15.9. The van der Waals surface area contributed by atoms with Gasteiger partial charge in [0.05, 0.1) is 16.2 Å². The van der Waals surface area contributed by atoms with Crippen molar-refractivity contribution in [2.24, 2.45) is 0 Å². The second kappa shape index (κ2) is 8.68. The number of hydrogen-bond acceptors (Lipinski definition) is 4. The maximum absolute atomic E-state index is 12.4. The summed E-state index contributed by atoms with van der Waals surface area (Å²) in [5.41, 5.74) is 1.86. The van der Waals surface area contributed by atoms with Crippen LogP contribution >= 0.6 is 0 Å². The first-order valence-electron chi connectivity index (χ1n) is 8.33. The Labute approximate surface area is 158 Å². The number of urea groups is 1. The number of nitrogens with one attached hydrogen (secondary N) is 2. The lowest BCUT2D eigenvalue weighted by Gasteiger charge is -2.15. The van der Waals surface area contributed by atoms with Crippen molar-refractivity contribution < 1.29 is 23.1 Å². The Balaban J connectivity index is 1.86. The summed E-state index contributed by atoms with van der Waals surface area (Å²) in [7, 11) is -3.50. The third kappa shape index (κ3) is 6.10. The Kier molecular flexibility index (Phi) is 6.57. The molecular weight excluding hydrogens is 368 g/mol. The Morgan fingerprint density at radius 1 is 1.04 bits per heavy atom. The Morgan fingerprint density at radius 3 is 2.19 bits per heavy atom. The van der Waals surface area contributed by atoms with Gasteiger partial charge < -0.3 is 15.7 Å². The third-order valence-corrected chi connectivity index (χ3v) is 5.81. The molecule has 0 saturated carbocycles. The zero-order chi connectivity index (χ0) is 20.0. The van der Waals surface area contributed by atoms with Gasteiger partial charge in [-0.25, -0.2) is 18.0 Å². The Morgan fingerprint density at radius 2 is 1.63 bits per heavy atom. The minimum atomic E-state index is -3.50. The average Bonchev–Trinajstić information content (AvgIpc) is 2.60. The van der Waals surface area contributed by atoms with Crippen LogP contribution in [0, 0.1) is 6.92 Å². The van der Waals surface area contributed by atoms with Crippen LogP contribution in [0.4, 0.5) is 4.79 Å². The van der Waals surface area contributed by atoms with Crippen LogP contribution in [0.25, 0.3) is 0 Å². The lowest BCUT2D eigenvalue weighted by atomic mass is 10.1. The first-order valence-corrected chi connectivity index (χ1v) is 9.98. The highest BCUT2D eigenvalue weighted by molar-refractivity contribution is 7.91. The van der Waals surface area contributed by atoms with Crippen LogP contribution in [-0.2, 0) is 16.4 Å². The molecule has 0 heterocycles. The van der Waals surface area contributed by atoms with Crippen LogP contribution in [-0.4, -0.2) is 37.3 Å². The van der Waals surface area contributed by atoms with Crippen molar-refractivity contribution in [2.45, 2.75) is 31.3 Å². The largest absolute Gasteiger partial charge is 0.478 e. The number of benzene rings is 2. The Hall–Kier alpha value is -2.87. The van der Waals surface area contributed by atoms with E-state index in [2.05, 4.69) is 10.6 Å². The van der Waals surface area contributed by atoms with E-state index in [1.807, 2.05) is 6.92 Å². The summed E-state index contributed by atoms with van der Waals surface area (Å²) in [5, 5.41) is 14.1. The van der Waals surface area contributed by atoms with Crippen molar-refractivity contribution in [3.8, 4) is 0 Å². The average molecular weight is 390 g/mol. The lowest BCUT2D eigenvalue weighted by molar-refractivity contribution is 0.0697. The van der Waals surface area contributed by atoms with Crippen molar-refractivity contribution in [1.29, 1.82) is 0 Å². The monoisotopic (exact) mass is 390 g/mol. The normalized spacial score (nSPS) is 12.2. The standard InChI is InChI=1S/C19H22N2O5S/c1-13-3-9-17(10-4-13)27(25,26)12-14(2)21-19(24)20-11-15-5-7-16(8-6-15)18(22)23/h3-10,14H,11-12H2,1-2H3,(H,22,23)(H2,20,21,24). The summed E-state index contributed by atoms with van der Waals surface area (Å²) in [6.45, 7) is 3.69. The van der Waals surface area contributed by atoms with E-state index >= 15 is 0 Å². The molecule has 1 atom stereocenters. The van der Waals surface area contributed by atoms with Gasteiger partial charge in [0, 0.05) is 12.6 Å². The van der Waals surface area contributed by atoms with E-state index in [9.17, 15) is 18.0 Å². The first kappa shape index (κ1) is 20.4. The van der Waals surface area contributed by atoms with E-state index < -0.39 is 27.9 Å². The van der Waals surface area contributed by atoms with Gasteiger partial charge >= 0.3 is 12.0 Å². The van der Waals surface area contributed by atoms with E-state index in [0.29, 0.717) is 0 Å². The van der Waals surface area contributed by atoms with Crippen molar-refractivity contribution in [2.75, 3.05) is 5.75 Å². The van der Waals surface area contributed by atoms with Crippen LogP contribution in [0.15, 0.2) is 53.4 Å². The molecule has 8 heteroatoms. The van der Waals surface area contributed by atoms with Gasteiger partial charge in [-0.15, -0.1) is 0 Å². The van der Waals surface area contributed by atoms with Gasteiger partial charge in [0.2, 0.25) is 0 Å². The number of amides is 2. The Bertz CT molecular complexity index is 906. The van der Waals surface area contributed by atoms with Crippen LogP contribution in [0.1, 0.15) is 28.4 Å². The topological polar surface area (TPSA) is 113 Å². The summed E-state index contributed by atoms with van der Waals surface area (Å²) in [5.74, 6) is -1.23. The summed E-state index contributed by atoms with van der Waals surface area (Å²) in [6, 6.07) is 11.6. The molecule has 1 unspecified atom stereocenters. The van der Waals surface area contributed by atoms with Crippen LogP contribution in [0.5, 0.6) is 0 Å². The summed E-state index contributed by atoms with van der Waals surface area (Å²) < 4.78 is 24.8. The highest BCUT2D eigenvalue weighted by Gasteiger charge is 2.19. The summed E-state index contributed by atoms with van der Waals surface area (Å²) >= 11 is 0. The molecule has 0 bridgehead atoms. The molecule has 27 heavy (non-hydrogen) atoms. The molecule has 2 rings (SSSR count). The molecular formula is C19H22N2O5S. The fourth-order valence-electron chi connectivity index (χ4n) is 2.43. The predicted molar refractivity (Wildman–Crippen MR) is 101 cm³/mol. The SMILES string of the molecule is Cc1ccc(S(=O)(=O)CC(C)NC(=O)NCc2ccc(C(=O)O)cc2)cc1. The van der Waals surface area contributed by atoms with Crippen molar-refractivity contribution in [3.63, 3.8) is 0 Å². The van der Waals surface area contributed by atoms with E-state index in [-0.39, 0.29) is 22.8 Å². The van der Waals surface area contributed by atoms with Gasteiger partial charge in [-0.3, -0.25) is 0 Å². The van der Waals surface area contributed by atoms with Gasteiger partial charge in [-0.2, -0.15) is 0 Å². The molecule has 0 aliphatic carbocycles. The maximum Gasteiger partial charge on any atom is 0.335 e.